The van der Waals surface area contributed by atoms with Crippen molar-refractivity contribution in [1.29, 1.82) is 0 Å². The van der Waals surface area contributed by atoms with Crippen LogP contribution in [0.2, 0.25) is 0 Å². The molecule has 0 heterocycles. The molecule has 0 radical (unpaired) electrons. The fourth-order valence-electron chi connectivity index (χ4n) is 1.87. The molecule has 0 aliphatic heterocycles. The first-order valence-corrected chi connectivity index (χ1v) is 6.04. The van der Waals surface area contributed by atoms with Crippen molar-refractivity contribution in [3.63, 3.8) is 0 Å². The van der Waals surface area contributed by atoms with Gasteiger partial charge in [0.15, 0.2) is 0 Å². The summed E-state index contributed by atoms with van der Waals surface area (Å²) < 4.78 is 5.53. The monoisotopic (exact) mass is 218 g/mol. The van der Waals surface area contributed by atoms with Crippen LogP contribution in [0.4, 0.5) is 0 Å². The van der Waals surface area contributed by atoms with Crippen molar-refractivity contribution in [2.24, 2.45) is 5.92 Å². The zero-order valence-corrected chi connectivity index (χ0v) is 9.74. The molecule has 2 heteroatoms. The van der Waals surface area contributed by atoms with Gasteiger partial charge in [-0.2, -0.15) is 0 Å². The summed E-state index contributed by atoms with van der Waals surface area (Å²) in [6.07, 6.45) is 3.68. The number of hydrogen-bond acceptors (Lipinski definition) is 2. The van der Waals surface area contributed by atoms with Crippen LogP contribution in [0, 0.1) is 5.92 Å². The number of Topliss-reactive ketones (excluding diaryl/α,β-unsaturated/α-hetero) is 1. The van der Waals surface area contributed by atoms with E-state index in [0.717, 1.165) is 30.6 Å². The summed E-state index contributed by atoms with van der Waals surface area (Å²) in [5, 5.41) is 0. The number of ketones is 1. The van der Waals surface area contributed by atoms with Crippen LogP contribution in [0.1, 0.15) is 31.7 Å². The number of carbonyl (C=O) groups excluding carboxylic acids is 1. The number of carbonyl (C=O) groups is 1. The van der Waals surface area contributed by atoms with Crippen molar-refractivity contribution in [2.75, 3.05) is 6.61 Å². The molecule has 0 atom stereocenters. The Bertz CT molecular complexity index is 367. The summed E-state index contributed by atoms with van der Waals surface area (Å²) in [5.41, 5.74) is 1.15. The lowest BCUT2D eigenvalue weighted by molar-refractivity contribution is -0.120. The summed E-state index contributed by atoms with van der Waals surface area (Å²) in [6, 6.07) is 7.99. The molecule has 86 valence electrons. The second-order valence-corrected chi connectivity index (χ2v) is 4.28. The van der Waals surface area contributed by atoms with Crippen LogP contribution < -0.4 is 4.74 Å². The van der Waals surface area contributed by atoms with Gasteiger partial charge in [-0.05, 0) is 37.8 Å². The number of hydrogen-bond donors (Lipinski definition) is 0. The number of rotatable bonds is 6. The Hall–Kier alpha value is -1.31. The van der Waals surface area contributed by atoms with Gasteiger partial charge in [0.2, 0.25) is 0 Å². The fraction of sp³-hybridized carbons (Fsp3) is 0.500. The molecule has 16 heavy (non-hydrogen) atoms. The molecule has 0 saturated heterocycles. The highest BCUT2D eigenvalue weighted by Crippen LogP contribution is 2.31. The van der Waals surface area contributed by atoms with Crippen LogP contribution in [0.5, 0.6) is 5.75 Å². The standard InChI is InChI=1S/C14H18O2/c1-2-16-14-6-4-3-5-12(14)9-10-13(15)11-7-8-11/h3-6,11H,2,7-10H2,1H3. The van der Waals surface area contributed by atoms with Gasteiger partial charge in [0, 0.05) is 12.3 Å². The van der Waals surface area contributed by atoms with E-state index in [1.807, 2.05) is 31.2 Å². The second-order valence-electron chi connectivity index (χ2n) is 4.28. The molecule has 1 aliphatic carbocycles. The van der Waals surface area contributed by atoms with E-state index in [0.29, 0.717) is 24.7 Å². The molecule has 0 aromatic heterocycles. The molecular formula is C14H18O2. The van der Waals surface area contributed by atoms with Gasteiger partial charge in [0.25, 0.3) is 0 Å². The average Bonchev–Trinajstić information content (AvgIpc) is 3.12. The van der Waals surface area contributed by atoms with Crippen LogP contribution in [-0.2, 0) is 11.2 Å². The third kappa shape index (κ3) is 2.84. The van der Waals surface area contributed by atoms with Crippen molar-refractivity contribution < 1.29 is 9.53 Å². The fourth-order valence-corrected chi connectivity index (χ4v) is 1.87. The molecule has 0 unspecified atom stereocenters. The SMILES string of the molecule is CCOc1ccccc1CCC(=O)C1CC1. The zero-order valence-electron chi connectivity index (χ0n) is 9.74. The first-order valence-electron chi connectivity index (χ1n) is 6.04. The van der Waals surface area contributed by atoms with E-state index < -0.39 is 0 Å². The van der Waals surface area contributed by atoms with E-state index in [1.54, 1.807) is 0 Å². The van der Waals surface area contributed by atoms with Crippen molar-refractivity contribution >= 4 is 5.78 Å². The lowest BCUT2D eigenvalue weighted by atomic mass is 10.0. The molecule has 0 amide bonds. The molecule has 1 fully saturated rings. The summed E-state index contributed by atoms with van der Waals surface area (Å²) in [7, 11) is 0. The molecule has 1 aliphatic rings. The quantitative estimate of drug-likeness (QED) is 0.733. The molecule has 0 spiro atoms. The van der Waals surface area contributed by atoms with Crippen molar-refractivity contribution in [2.45, 2.75) is 32.6 Å². The Morgan fingerprint density at radius 1 is 1.38 bits per heavy atom. The highest BCUT2D eigenvalue weighted by atomic mass is 16.5. The zero-order chi connectivity index (χ0) is 11.4. The molecule has 2 nitrogen and oxygen atoms in total. The highest BCUT2D eigenvalue weighted by molar-refractivity contribution is 5.83. The van der Waals surface area contributed by atoms with Gasteiger partial charge in [0.05, 0.1) is 6.61 Å². The minimum Gasteiger partial charge on any atom is -0.494 e. The first kappa shape index (κ1) is 11.2. The van der Waals surface area contributed by atoms with E-state index in [4.69, 9.17) is 4.74 Å². The number of ether oxygens (including phenoxy) is 1. The second kappa shape index (κ2) is 5.15. The lowest BCUT2D eigenvalue weighted by Crippen LogP contribution is -2.03. The molecule has 0 N–H and O–H groups in total. The predicted octanol–water partition coefficient (Wildman–Crippen LogP) is 3.00. The van der Waals surface area contributed by atoms with Crippen LogP contribution in [-0.4, -0.2) is 12.4 Å². The minimum atomic E-state index is 0.374. The Kier molecular flexibility index (Phi) is 3.60. The predicted molar refractivity (Wildman–Crippen MR) is 63.7 cm³/mol. The largest absolute Gasteiger partial charge is 0.494 e. The molecule has 0 bridgehead atoms. The molecule has 1 aromatic rings. The van der Waals surface area contributed by atoms with Crippen LogP contribution in [0.3, 0.4) is 0 Å². The van der Waals surface area contributed by atoms with E-state index in [9.17, 15) is 4.79 Å². The van der Waals surface area contributed by atoms with Gasteiger partial charge in [0.1, 0.15) is 11.5 Å². The maximum absolute atomic E-state index is 11.6. The Morgan fingerprint density at radius 2 is 2.12 bits per heavy atom. The topological polar surface area (TPSA) is 26.3 Å². The van der Waals surface area contributed by atoms with Gasteiger partial charge in [-0.1, -0.05) is 18.2 Å². The molecule has 1 aromatic carbocycles. The Labute approximate surface area is 96.6 Å². The van der Waals surface area contributed by atoms with Crippen molar-refractivity contribution in [3.8, 4) is 5.75 Å². The first-order chi connectivity index (χ1) is 7.81. The Morgan fingerprint density at radius 3 is 2.81 bits per heavy atom. The van der Waals surface area contributed by atoms with E-state index in [-0.39, 0.29) is 0 Å². The van der Waals surface area contributed by atoms with E-state index in [1.165, 1.54) is 0 Å². The van der Waals surface area contributed by atoms with Gasteiger partial charge >= 0.3 is 0 Å². The maximum Gasteiger partial charge on any atom is 0.136 e. The molecule has 1 saturated carbocycles. The van der Waals surface area contributed by atoms with Crippen molar-refractivity contribution in [3.05, 3.63) is 29.8 Å². The lowest BCUT2D eigenvalue weighted by Gasteiger charge is -2.09. The average molecular weight is 218 g/mol. The highest BCUT2D eigenvalue weighted by Gasteiger charge is 2.28. The van der Waals surface area contributed by atoms with Crippen molar-refractivity contribution in [1.82, 2.24) is 0 Å². The van der Waals surface area contributed by atoms with Gasteiger partial charge < -0.3 is 4.74 Å². The summed E-state index contributed by atoms with van der Waals surface area (Å²) >= 11 is 0. The maximum atomic E-state index is 11.6. The summed E-state index contributed by atoms with van der Waals surface area (Å²) in [5.74, 6) is 1.72. The minimum absolute atomic E-state index is 0.374. The third-order valence-electron chi connectivity index (χ3n) is 2.95. The Balaban J connectivity index is 1.94. The third-order valence-corrected chi connectivity index (χ3v) is 2.95. The molecule has 2 rings (SSSR count). The van der Waals surface area contributed by atoms with Crippen LogP contribution >= 0.6 is 0 Å². The normalized spacial score (nSPS) is 14.8. The van der Waals surface area contributed by atoms with Gasteiger partial charge in [-0.25, -0.2) is 0 Å². The summed E-state index contributed by atoms with van der Waals surface area (Å²) in [6.45, 7) is 2.65. The molecular weight excluding hydrogens is 200 g/mol. The van der Waals surface area contributed by atoms with Crippen LogP contribution in [0.15, 0.2) is 24.3 Å². The summed E-state index contributed by atoms with van der Waals surface area (Å²) in [4.78, 5) is 11.6. The van der Waals surface area contributed by atoms with Gasteiger partial charge in [-0.15, -0.1) is 0 Å². The number of aryl methyl sites for hydroxylation is 1. The number of benzene rings is 1. The van der Waals surface area contributed by atoms with E-state index in [2.05, 4.69) is 0 Å². The number of para-hydroxylation sites is 1. The smallest absolute Gasteiger partial charge is 0.136 e. The van der Waals surface area contributed by atoms with E-state index >= 15 is 0 Å². The van der Waals surface area contributed by atoms with Crippen LogP contribution in [0.25, 0.3) is 0 Å². The van der Waals surface area contributed by atoms with Gasteiger partial charge in [-0.3, -0.25) is 4.79 Å².